The van der Waals surface area contributed by atoms with E-state index in [1.54, 1.807) is 17.5 Å². The standard InChI is InChI=1S/C11H13ClN2S/c1-14-7-2-4-8(9(14)5-3-7)11-13-6-10(12)15-11/h2,4,6-9H,3,5H2,1H3. The van der Waals surface area contributed by atoms with Crippen LogP contribution < -0.4 is 0 Å². The predicted octanol–water partition coefficient (Wildman–Crippen LogP) is 2.91. The summed E-state index contributed by atoms with van der Waals surface area (Å²) in [6.45, 7) is 0. The number of rotatable bonds is 1. The highest BCUT2D eigenvalue weighted by Crippen LogP contribution is 2.40. The fourth-order valence-electron chi connectivity index (χ4n) is 2.70. The molecule has 1 aromatic heterocycles. The smallest absolute Gasteiger partial charge is 0.113 e. The minimum Gasteiger partial charge on any atom is -0.296 e. The van der Waals surface area contributed by atoms with Crippen LogP contribution in [0.2, 0.25) is 4.34 Å². The molecule has 0 aromatic carbocycles. The Morgan fingerprint density at radius 2 is 2.33 bits per heavy atom. The van der Waals surface area contributed by atoms with Crippen LogP contribution in [0, 0.1) is 0 Å². The van der Waals surface area contributed by atoms with Gasteiger partial charge >= 0.3 is 0 Å². The van der Waals surface area contributed by atoms with Gasteiger partial charge in [0.05, 0.1) is 6.20 Å². The molecule has 0 amide bonds. The molecule has 3 heterocycles. The van der Waals surface area contributed by atoms with Crippen LogP contribution in [0.15, 0.2) is 18.3 Å². The van der Waals surface area contributed by atoms with E-state index in [0.717, 1.165) is 9.34 Å². The molecule has 2 aliphatic rings. The Kier molecular flexibility index (Phi) is 2.34. The van der Waals surface area contributed by atoms with E-state index in [2.05, 4.69) is 29.1 Å². The molecule has 1 fully saturated rings. The van der Waals surface area contributed by atoms with E-state index in [4.69, 9.17) is 11.6 Å². The third-order valence-electron chi connectivity index (χ3n) is 3.54. The zero-order valence-electron chi connectivity index (χ0n) is 8.56. The maximum Gasteiger partial charge on any atom is 0.113 e. The van der Waals surface area contributed by atoms with E-state index >= 15 is 0 Å². The molecule has 15 heavy (non-hydrogen) atoms. The summed E-state index contributed by atoms with van der Waals surface area (Å²) in [7, 11) is 2.22. The van der Waals surface area contributed by atoms with Crippen LogP contribution in [0.5, 0.6) is 0 Å². The van der Waals surface area contributed by atoms with Gasteiger partial charge in [-0.3, -0.25) is 4.90 Å². The lowest BCUT2D eigenvalue weighted by Crippen LogP contribution is -2.37. The summed E-state index contributed by atoms with van der Waals surface area (Å²) in [6.07, 6.45) is 8.96. The number of nitrogens with zero attached hydrogens (tertiary/aromatic N) is 2. The second-order valence-electron chi connectivity index (χ2n) is 4.29. The molecule has 2 bridgehead atoms. The largest absolute Gasteiger partial charge is 0.296 e. The van der Waals surface area contributed by atoms with Gasteiger partial charge in [-0.1, -0.05) is 23.8 Å². The molecule has 3 rings (SSSR count). The van der Waals surface area contributed by atoms with Gasteiger partial charge in [0.2, 0.25) is 0 Å². The molecule has 0 saturated carbocycles. The van der Waals surface area contributed by atoms with Gasteiger partial charge in [0.1, 0.15) is 9.34 Å². The predicted molar refractivity (Wildman–Crippen MR) is 63.6 cm³/mol. The Labute approximate surface area is 98.6 Å². The summed E-state index contributed by atoms with van der Waals surface area (Å²) in [5.74, 6) is 0.450. The number of hydrogen-bond acceptors (Lipinski definition) is 3. The Bertz CT molecular complexity index is 401. The monoisotopic (exact) mass is 240 g/mol. The zero-order valence-corrected chi connectivity index (χ0v) is 10.1. The van der Waals surface area contributed by atoms with Crippen LogP contribution in [-0.2, 0) is 0 Å². The van der Waals surface area contributed by atoms with E-state index in [9.17, 15) is 0 Å². The number of hydrogen-bond donors (Lipinski definition) is 0. The Hall–Kier alpha value is -0.380. The first-order valence-electron chi connectivity index (χ1n) is 5.27. The molecule has 80 valence electrons. The lowest BCUT2D eigenvalue weighted by molar-refractivity contribution is 0.241. The van der Waals surface area contributed by atoms with Gasteiger partial charge < -0.3 is 0 Å². The molecule has 2 nitrogen and oxygen atoms in total. The number of thiazole rings is 1. The summed E-state index contributed by atoms with van der Waals surface area (Å²) in [6, 6.07) is 1.28. The van der Waals surface area contributed by atoms with Crippen molar-refractivity contribution in [2.45, 2.75) is 30.8 Å². The lowest BCUT2D eigenvalue weighted by atomic mass is 9.97. The number of halogens is 1. The van der Waals surface area contributed by atoms with E-state index in [-0.39, 0.29) is 0 Å². The van der Waals surface area contributed by atoms with Crippen molar-refractivity contribution >= 4 is 22.9 Å². The number of fused-ring (bicyclic) bond motifs is 2. The molecule has 0 aliphatic carbocycles. The summed E-state index contributed by atoms with van der Waals surface area (Å²) in [4.78, 5) is 6.87. The van der Waals surface area contributed by atoms with Crippen LogP contribution in [0.25, 0.3) is 0 Å². The third kappa shape index (κ3) is 1.53. The van der Waals surface area contributed by atoms with Gasteiger partial charge in [0, 0.05) is 18.0 Å². The summed E-state index contributed by atoms with van der Waals surface area (Å²) in [5.41, 5.74) is 0. The Balaban J connectivity index is 1.94. The molecular weight excluding hydrogens is 228 g/mol. The van der Waals surface area contributed by atoms with Crippen molar-refractivity contribution < 1.29 is 0 Å². The molecular formula is C11H13ClN2S. The quantitative estimate of drug-likeness (QED) is 0.702. The van der Waals surface area contributed by atoms with Gasteiger partial charge in [0.25, 0.3) is 0 Å². The Morgan fingerprint density at radius 3 is 3.07 bits per heavy atom. The van der Waals surface area contributed by atoms with Crippen molar-refractivity contribution in [3.05, 3.63) is 27.7 Å². The highest BCUT2D eigenvalue weighted by molar-refractivity contribution is 7.15. The molecule has 3 atom stereocenters. The van der Waals surface area contributed by atoms with Gasteiger partial charge in [-0.2, -0.15) is 0 Å². The van der Waals surface area contributed by atoms with Gasteiger partial charge in [0.15, 0.2) is 0 Å². The molecule has 2 aliphatic heterocycles. The molecule has 0 radical (unpaired) electrons. The minimum atomic E-state index is 0.450. The Morgan fingerprint density at radius 1 is 1.47 bits per heavy atom. The molecule has 0 N–H and O–H groups in total. The first kappa shape index (κ1) is 9.82. The fourth-order valence-corrected chi connectivity index (χ4v) is 3.77. The topological polar surface area (TPSA) is 16.1 Å². The van der Waals surface area contributed by atoms with Crippen molar-refractivity contribution in [3.63, 3.8) is 0 Å². The molecule has 0 spiro atoms. The molecule has 1 saturated heterocycles. The zero-order chi connectivity index (χ0) is 10.4. The highest BCUT2D eigenvalue weighted by atomic mass is 35.5. The van der Waals surface area contributed by atoms with E-state index in [1.807, 2.05) is 0 Å². The first-order chi connectivity index (χ1) is 7.25. The normalized spacial score (nSPS) is 34.9. The van der Waals surface area contributed by atoms with Crippen molar-refractivity contribution in [3.8, 4) is 0 Å². The minimum absolute atomic E-state index is 0.450. The van der Waals surface area contributed by atoms with Crippen LogP contribution in [0.4, 0.5) is 0 Å². The van der Waals surface area contributed by atoms with E-state index in [1.165, 1.54) is 12.8 Å². The van der Waals surface area contributed by atoms with Crippen LogP contribution in [-0.4, -0.2) is 29.0 Å². The van der Waals surface area contributed by atoms with Crippen LogP contribution >= 0.6 is 22.9 Å². The first-order valence-corrected chi connectivity index (χ1v) is 6.46. The number of aromatic nitrogens is 1. The van der Waals surface area contributed by atoms with Crippen molar-refractivity contribution in [1.29, 1.82) is 0 Å². The average molecular weight is 241 g/mol. The SMILES string of the molecule is CN1C2C=CC(c3ncc(Cl)s3)C1CC2. The second-order valence-corrected chi connectivity index (χ2v) is 5.98. The average Bonchev–Trinajstić information content (AvgIpc) is 2.72. The fraction of sp³-hybridized carbons (Fsp3) is 0.545. The molecule has 3 unspecified atom stereocenters. The summed E-state index contributed by atoms with van der Waals surface area (Å²) < 4.78 is 0.793. The van der Waals surface area contributed by atoms with Crippen LogP contribution in [0.3, 0.4) is 0 Å². The van der Waals surface area contributed by atoms with E-state index in [0.29, 0.717) is 18.0 Å². The maximum absolute atomic E-state index is 5.94. The molecule has 1 aromatic rings. The highest BCUT2D eigenvalue weighted by Gasteiger charge is 2.38. The summed E-state index contributed by atoms with van der Waals surface area (Å²) in [5, 5.41) is 1.16. The maximum atomic E-state index is 5.94. The second kappa shape index (κ2) is 3.58. The number of likely N-dealkylation sites (N-methyl/N-ethyl adjacent to an activating group) is 1. The third-order valence-corrected chi connectivity index (χ3v) is 4.76. The summed E-state index contributed by atoms with van der Waals surface area (Å²) >= 11 is 7.55. The van der Waals surface area contributed by atoms with Gasteiger partial charge in [-0.05, 0) is 19.9 Å². The van der Waals surface area contributed by atoms with Crippen LogP contribution in [0.1, 0.15) is 23.8 Å². The lowest BCUT2D eigenvalue weighted by Gasteiger charge is -2.32. The molecule has 4 heteroatoms. The van der Waals surface area contributed by atoms with E-state index < -0.39 is 0 Å². The van der Waals surface area contributed by atoms with Gasteiger partial charge in [-0.15, -0.1) is 11.3 Å². The van der Waals surface area contributed by atoms with Gasteiger partial charge in [-0.25, -0.2) is 4.98 Å². The van der Waals surface area contributed by atoms with Crippen molar-refractivity contribution in [2.75, 3.05) is 7.05 Å². The van der Waals surface area contributed by atoms with Crippen molar-refractivity contribution in [1.82, 2.24) is 9.88 Å². The van der Waals surface area contributed by atoms with Crippen molar-refractivity contribution in [2.24, 2.45) is 0 Å².